The van der Waals surface area contributed by atoms with Crippen molar-refractivity contribution in [3.63, 3.8) is 0 Å². The molecule has 2 rings (SSSR count). The van der Waals surface area contributed by atoms with Gasteiger partial charge in [0.25, 0.3) is 0 Å². The molecule has 0 heterocycles. The third-order valence-corrected chi connectivity index (χ3v) is 4.45. The van der Waals surface area contributed by atoms with Gasteiger partial charge in [0, 0.05) is 18.3 Å². The fourth-order valence-corrected chi connectivity index (χ4v) is 3.03. The summed E-state index contributed by atoms with van der Waals surface area (Å²) >= 11 is 0. The van der Waals surface area contributed by atoms with Crippen molar-refractivity contribution in [3.05, 3.63) is 29.8 Å². The Morgan fingerprint density at radius 2 is 1.76 bits per heavy atom. The lowest BCUT2D eigenvalue weighted by Crippen LogP contribution is -2.26. The van der Waals surface area contributed by atoms with E-state index in [9.17, 15) is 0 Å². The maximum absolute atomic E-state index is 5.89. The molecule has 0 aromatic heterocycles. The minimum atomic E-state index is 0.839. The fraction of sp³-hybridized carbons (Fsp3) is 0.684. The normalized spacial score (nSPS) is 14.8. The SMILES string of the molecule is CCCCCCCCCN(Cc1cccc(N)c1)C1CC1. The van der Waals surface area contributed by atoms with Gasteiger partial charge in [-0.15, -0.1) is 0 Å². The molecule has 0 atom stereocenters. The molecular formula is C19H32N2. The number of nitrogens with two attached hydrogens (primary N) is 1. The molecule has 1 aromatic rings. The van der Waals surface area contributed by atoms with E-state index in [4.69, 9.17) is 5.73 Å². The average molecular weight is 288 g/mol. The zero-order valence-electron chi connectivity index (χ0n) is 13.7. The molecule has 1 aromatic carbocycles. The summed E-state index contributed by atoms with van der Waals surface area (Å²) in [6, 6.07) is 9.22. The van der Waals surface area contributed by atoms with Crippen LogP contribution in [0.2, 0.25) is 0 Å². The molecule has 0 aliphatic heterocycles. The van der Waals surface area contributed by atoms with Crippen LogP contribution in [0.25, 0.3) is 0 Å². The van der Waals surface area contributed by atoms with Gasteiger partial charge in [0.1, 0.15) is 0 Å². The van der Waals surface area contributed by atoms with Crippen LogP contribution in [0.5, 0.6) is 0 Å². The average Bonchev–Trinajstić information content (AvgIpc) is 3.30. The Morgan fingerprint density at radius 3 is 2.43 bits per heavy atom. The van der Waals surface area contributed by atoms with Crippen molar-refractivity contribution in [1.82, 2.24) is 4.90 Å². The Hall–Kier alpha value is -1.02. The highest BCUT2D eigenvalue weighted by Crippen LogP contribution is 2.29. The van der Waals surface area contributed by atoms with E-state index in [-0.39, 0.29) is 0 Å². The molecule has 21 heavy (non-hydrogen) atoms. The Balaban J connectivity index is 1.66. The first-order chi connectivity index (χ1) is 10.3. The number of hydrogen-bond acceptors (Lipinski definition) is 2. The molecule has 2 heteroatoms. The first-order valence-corrected chi connectivity index (χ1v) is 8.88. The van der Waals surface area contributed by atoms with Crippen molar-refractivity contribution >= 4 is 5.69 Å². The Morgan fingerprint density at radius 1 is 1.05 bits per heavy atom. The van der Waals surface area contributed by atoms with E-state index < -0.39 is 0 Å². The van der Waals surface area contributed by atoms with Crippen LogP contribution in [0.3, 0.4) is 0 Å². The highest BCUT2D eigenvalue weighted by atomic mass is 15.2. The topological polar surface area (TPSA) is 29.3 Å². The van der Waals surface area contributed by atoms with Crippen LogP contribution in [-0.2, 0) is 6.54 Å². The van der Waals surface area contributed by atoms with E-state index in [1.165, 1.54) is 69.9 Å². The van der Waals surface area contributed by atoms with Gasteiger partial charge in [0.2, 0.25) is 0 Å². The van der Waals surface area contributed by atoms with E-state index in [0.717, 1.165) is 18.3 Å². The van der Waals surface area contributed by atoms with Gasteiger partial charge in [-0.3, -0.25) is 4.90 Å². The second kappa shape index (κ2) is 9.09. The molecule has 1 aliphatic rings. The third-order valence-electron chi connectivity index (χ3n) is 4.45. The van der Waals surface area contributed by atoms with E-state index in [1.807, 2.05) is 6.07 Å². The van der Waals surface area contributed by atoms with Crippen molar-refractivity contribution in [1.29, 1.82) is 0 Å². The number of nitrogen functional groups attached to an aromatic ring is 1. The smallest absolute Gasteiger partial charge is 0.0317 e. The number of unbranched alkanes of at least 4 members (excludes halogenated alkanes) is 6. The lowest BCUT2D eigenvalue weighted by Gasteiger charge is -2.22. The summed E-state index contributed by atoms with van der Waals surface area (Å²) in [6.07, 6.45) is 12.5. The van der Waals surface area contributed by atoms with Crippen molar-refractivity contribution in [2.45, 2.75) is 77.3 Å². The number of benzene rings is 1. The molecule has 0 radical (unpaired) electrons. The van der Waals surface area contributed by atoms with Crippen molar-refractivity contribution in [2.75, 3.05) is 12.3 Å². The summed E-state index contributed by atoms with van der Waals surface area (Å²) in [4.78, 5) is 2.67. The Labute approximate surface area is 130 Å². The molecular weight excluding hydrogens is 256 g/mol. The van der Waals surface area contributed by atoms with Gasteiger partial charge in [-0.25, -0.2) is 0 Å². The van der Waals surface area contributed by atoms with Crippen LogP contribution in [0.4, 0.5) is 5.69 Å². The molecule has 0 amide bonds. The molecule has 0 unspecified atom stereocenters. The highest BCUT2D eigenvalue weighted by Gasteiger charge is 2.28. The highest BCUT2D eigenvalue weighted by molar-refractivity contribution is 5.40. The van der Waals surface area contributed by atoms with Crippen molar-refractivity contribution in [2.24, 2.45) is 0 Å². The molecule has 0 saturated heterocycles. The first kappa shape index (κ1) is 16.4. The monoisotopic (exact) mass is 288 g/mol. The third kappa shape index (κ3) is 6.52. The summed E-state index contributed by atoms with van der Waals surface area (Å²) in [7, 11) is 0. The largest absolute Gasteiger partial charge is 0.399 e. The fourth-order valence-electron chi connectivity index (χ4n) is 3.03. The van der Waals surface area contributed by atoms with E-state index in [0.29, 0.717) is 0 Å². The van der Waals surface area contributed by atoms with E-state index in [1.54, 1.807) is 0 Å². The maximum atomic E-state index is 5.89. The molecule has 1 fully saturated rings. The minimum Gasteiger partial charge on any atom is -0.399 e. The predicted molar refractivity (Wildman–Crippen MR) is 92.3 cm³/mol. The van der Waals surface area contributed by atoms with Crippen LogP contribution < -0.4 is 5.73 Å². The van der Waals surface area contributed by atoms with Gasteiger partial charge < -0.3 is 5.73 Å². The summed E-state index contributed by atoms with van der Waals surface area (Å²) in [5.41, 5.74) is 8.14. The number of nitrogens with zero attached hydrogens (tertiary/aromatic N) is 1. The molecule has 1 aliphatic carbocycles. The molecule has 118 valence electrons. The van der Waals surface area contributed by atoms with Gasteiger partial charge in [-0.05, 0) is 43.5 Å². The zero-order chi connectivity index (χ0) is 14.9. The summed E-state index contributed by atoms with van der Waals surface area (Å²) in [5.74, 6) is 0. The van der Waals surface area contributed by atoms with Crippen LogP contribution in [0, 0.1) is 0 Å². The molecule has 2 N–H and O–H groups in total. The van der Waals surface area contributed by atoms with Crippen molar-refractivity contribution in [3.8, 4) is 0 Å². The first-order valence-electron chi connectivity index (χ1n) is 8.88. The number of anilines is 1. The quantitative estimate of drug-likeness (QED) is 0.459. The number of rotatable bonds is 11. The van der Waals surface area contributed by atoms with Crippen LogP contribution in [0.1, 0.15) is 70.3 Å². The Kier molecular flexibility index (Phi) is 7.08. The summed E-state index contributed by atoms with van der Waals surface area (Å²) in [6.45, 7) is 4.61. The standard InChI is InChI=1S/C19H32N2/c1-2-3-4-5-6-7-8-14-21(19-12-13-19)16-17-10-9-11-18(20)15-17/h9-11,15,19H,2-8,12-14,16,20H2,1H3. The van der Waals surface area contributed by atoms with Crippen LogP contribution in [0.15, 0.2) is 24.3 Å². The van der Waals surface area contributed by atoms with E-state index >= 15 is 0 Å². The Bertz CT molecular complexity index is 398. The zero-order valence-corrected chi connectivity index (χ0v) is 13.7. The predicted octanol–water partition coefficient (Wildman–Crippen LogP) is 4.98. The van der Waals surface area contributed by atoms with Gasteiger partial charge in [0.05, 0.1) is 0 Å². The second-order valence-electron chi connectivity index (χ2n) is 6.57. The molecule has 0 bridgehead atoms. The minimum absolute atomic E-state index is 0.839. The molecule has 0 spiro atoms. The lowest BCUT2D eigenvalue weighted by atomic mass is 10.1. The van der Waals surface area contributed by atoms with Gasteiger partial charge in [0.15, 0.2) is 0 Å². The lowest BCUT2D eigenvalue weighted by molar-refractivity contribution is 0.248. The van der Waals surface area contributed by atoms with Crippen LogP contribution >= 0.6 is 0 Å². The van der Waals surface area contributed by atoms with Crippen LogP contribution in [-0.4, -0.2) is 17.5 Å². The van der Waals surface area contributed by atoms with E-state index in [2.05, 4.69) is 30.0 Å². The molecule has 2 nitrogen and oxygen atoms in total. The van der Waals surface area contributed by atoms with Crippen molar-refractivity contribution < 1.29 is 0 Å². The summed E-state index contributed by atoms with van der Waals surface area (Å²) < 4.78 is 0. The second-order valence-corrected chi connectivity index (χ2v) is 6.57. The maximum Gasteiger partial charge on any atom is 0.0317 e. The van der Waals surface area contributed by atoms with Gasteiger partial charge in [-0.2, -0.15) is 0 Å². The van der Waals surface area contributed by atoms with Gasteiger partial charge >= 0.3 is 0 Å². The number of hydrogen-bond donors (Lipinski definition) is 1. The summed E-state index contributed by atoms with van der Waals surface area (Å²) in [5, 5.41) is 0. The molecule has 1 saturated carbocycles. The van der Waals surface area contributed by atoms with Gasteiger partial charge in [-0.1, -0.05) is 57.6 Å².